The summed E-state index contributed by atoms with van der Waals surface area (Å²) >= 11 is 3.23. The molecule has 0 radical (unpaired) electrons. The lowest BCUT2D eigenvalue weighted by Gasteiger charge is -2.05. The number of nitrogens with one attached hydrogen (secondary N) is 1. The van der Waals surface area contributed by atoms with Gasteiger partial charge in [-0.1, -0.05) is 0 Å². The summed E-state index contributed by atoms with van der Waals surface area (Å²) in [6.45, 7) is 0.364. The van der Waals surface area contributed by atoms with Crippen LogP contribution in [0.3, 0.4) is 0 Å². The lowest BCUT2D eigenvalue weighted by atomic mass is 10.2. The number of nitrogens with zero attached hydrogens (tertiary/aromatic N) is 3. The van der Waals surface area contributed by atoms with Gasteiger partial charge in [0.15, 0.2) is 0 Å². The first-order valence-electron chi connectivity index (χ1n) is 4.91. The average molecular weight is 293 g/mol. The Labute approximate surface area is 106 Å². The van der Waals surface area contributed by atoms with Crippen LogP contribution in [0.25, 0.3) is 0 Å². The van der Waals surface area contributed by atoms with Crippen molar-refractivity contribution in [2.75, 3.05) is 0 Å². The molecule has 2 aromatic rings. The third kappa shape index (κ3) is 3.07. The highest BCUT2D eigenvalue weighted by atomic mass is 79.9. The van der Waals surface area contributed by atoms with E-state index in [-0.39, 0.29) is 5.91 Å². The van der Waals surface area contributed by atoms with E-state index in [9.17, 15) is 4.79 Å². The van der Waals surface area contributed by atoms with Crippen molar-refractivity contribution in [3.63, 3.8) is 0 Å². The lowest BCUT2D eigenvalue weighted by Crippen LogP contribution is -2.23. The molecule has 2 heterocycles. The quantitative estimate of drug-likeness (QED) is 0.872. The minimum Gasteiger partial charge on any atom is -0.346 e. The lowest BCUT2D eigenvalue weighted by molar-refractivity contribution is 0.0949. The van der Waals surface area contributed by atoms with Gasteiger partial charge in [0.25, 0.3) is 5.91 Å². The Kier molecular flexibility index (Phi) is 3.77. The highest BCUT2D eigenvalue weighted by molar-refractivity contribution is 9.10. The topological polar surface area (TPSA) is 67.8 Å². The van der Waals surface area contributed by atoms with Gasteiger partial charge in [-0.15, -0.1) is 0 Å². The maximum Gasteiger partial charge on any atom is 0.254 e. The Morgan fingerprint density at radius 3 is 2.88 bits per heavy atom. The van der Waals surface area contributed by atoms with Crippen molar-refractivity contribution in [3.8, 4) is 0 Å². The number of aromatic nitrogens is 3. The number of halogens is 1. The van der Waals surface area contributed by atoms with Crippen LogP contribution in [-0.4, -0.2) is 20.9 Å². The number of amides is 1. The fourth-order valence-corrected chi connectivity index (χ4v) is 1.67. The van der Waals surface area contributed by atoms with Crippen LogP contribution in [-0.2, 0) is 6.54 Å². The van der Waals surface area contributed by atoms with E-state index in [4.69, 9.17) is 0 Å². The van der Waals surface area contributed by atoms with Gasteiger partial charge in [0.2, 0.25) is 0 Å². The summed E-state index contributed by atoms with van der Waals surface area (Å²) in [6.07, 6.45) is 4.70. The van der Waals surface area contributed by atoms with Gasteiger partial charge in [0.1, 0.15) is 10.9 Å². The average Bonchev–Trinajstić information content (AvgIpc) is 2.38. The number of pyridine rings is 1. The molecule has 0 atom stereocenters. The molecule has 1 N–H and O–H groups in total. The summed E-state index contributed by atoms with van der Waals surface area (Å²) < 4.78 is 0.528. The van der Waals surface area contributed by atoms with E-state index in [2.05, 4.69) is 36.2 Å². The molecule has 5 nitrogen and oxygen atoms in total. The third-order valence-corrected chi connectivity index (χ3v) is 2.71. The molecule has 0 saturated carbocycles. The van der Waals surface area contributed by atoms with E-state index < -0.39 is 0 Å². The number of carbonyl (C=O) groups is 1. The summed E-state index contributed by atoms with van der Waals surface area (Å²) in [6, 6.07) is 5.16. The van der Waals surface area contributed by atoms with Crippen LogP contribution < -0.4 is 5.32 Å². The van der Waals surface area contributed by atoms with Gasteiger partial charge in [0.05, 0.1) is 17.8 Å². The van der Waals surface area contributed by atoms with Crippen LogP contribution in [0.4, 0.5) is 0 Å². The maximum absolute atomic E-state index is 11.8. The highest BCUT2D eigenvalue weighted by Gasteiger charge is 2.09. The predicted octanol–water partition coefficient (Wildman–Crippen LogP) is 1.56. The third-order valence-electron chi connectivity index (χ3n) is 2.08. The van der Waals surface area contributed by atoms with Crippen molar-refractivity contribution >= 4 is 21.8 Å². The summed E-state index contributed by atoms with van der Waals surface area (Å²) in [5.41, 5.74) is 1.26. The summed E-state index contributed by atoms with van der Waals surface area (Å²) in [5.74, 6) is -0.191. The molecule has 2 aromatic heterocycles. The molecule has 0 aliphatic rings. The Bertz CT molecular complexity index is 518. The van der Waals surface area contributed by atoms with E-state index >= 15 is 0 Å². The first-order valence-corrected chi connectivity index (χ1v) is 5.70. The van der Waals surface area contributed by atoms with Gasteiger partial charge < -0.3 is 5.32 Å². The van der Waals surface area contributed by atoms with E-state index in [1.807, 2.05) is 0 Å². The van der Waals surface area contributed by atoms with Crippen molar-refractivity contribution in [1.82, 2.24) is 20.3 Å². The van der Waals surface area contributed by atoms with Crippen LogP contribution in [0.5, 0.6) is 0 Å². The molecule has 1 amide bonds. The zero-order valence-electron chi connectivity index (χ0n) is 8.80. The zero-order valence-corrected chi connectivity index (χ0v) is 10.4. The summed E-state index contributed by atoms with van der Waals surface area (Å²) in [7, 11) is 0. The smallest absolute Gasteiger partial charge is 0.254 e. The van der Waals surface area contributed by atoms with Gasteiger partial charge in [-0.2, -0.15) is 0 Å². The number of hydrogen-bond donors (Lipinski definition) is 1. The van der Waals surface area contributed by atoms with E-state index in [1.165, 1.54) is 6.33 Å². The zero-order chi connectivity index (χ0) is 12.1. The molecule has 0 bridgehead atoms. The summed E-state index contributed by atoms with van der Waals surface area (Å²) in [4.78, 5) is 23.6. The molecular weight excluding hydrogens is 284 g/mol. The van der Waals surface area contributed by atoms with Gasteiger partial charge in [-0.3, -0.25) is 4.79 Å². The second kappa shape index (κ2) is 5.49. The van der Waals surface area contributed by atoms with E-state index in [1.54, 1.807) is 30.6 Å². The molecular formula is C11H9BrN4O. The van der Waals surface area contributed by atoms with Gasteiger partial charge in [0, 0.05) is 12.4 Å². The fraction of sp³-hybridized carbons (Fsp3) is 0.0909. The summed E-state index contributed by atoms with van der Waals surface area (Å²) in [5, 5.41) is 2.76. The van der Waals surface area contributed by atoms with Crippen LogP contribution in [0.15, 0.2) is 41.5 Å². The molecule has 0 spiro atoms. The first-order chi connectivity index (χ1) is 8.27. The molecule has 17 heavy (non-hydrogen) atoms. The highest BCUT2D eigenvalue weighted by Crippen LogP contribution is 2.12. The number of hydrogen-bond acceptors (Lipinski definition) is 4. The molecule has 6 heteroatoms. The monoisotopic (exact) mass is 292 g/mol. The van der Waals surface area contributed by atoms with Crippen LogP contribution in [0, 0.1) is 0 Å². The Morgan fingerprint density at radius 1 is 1.29 bits per heavy atom. The molecule has 0 aliphatic carbocycles. The number of rotatable bonds is 3. The molecule has 0 aromatic carbocycles. The Morgan fingerprint density at radius 2 is 2.18 bits per heavy atom. The van der Waals surface area contributed by atoms with Crippen LogP contribution in [0.2, 0.25) is 0 Å². The van der Waals surface area contributed by atoms with Crippen molar-refractivity contribution in [1.29, 1.82) is 0 Å². The van der Waals surface area contributed by atoms with Gasteiger partial charge >= 0.3 is 0 Å². The molecule has 0 aliphatic heterocycles. The first kappa shape index (κ1) is 11.7. The SMILES string of the molecule is O=C(NCc1ccncn1)c1cccnc1Br. The molecule has 0 fully saturated rings. The molecule has 0 unspecified atom stereocenters. The van der Waals surface area contributed by atoms with Crippen molar-refractivity contribution in [3.05, 3.63) is 52.8 Å². The predicted molar refractivity (Wildman–Crippen MR) is 65.1 cm³/mol. The van der Waals surface area contributed by atoms with E-state index in [0.29, 0.717) is 16.7 Å². The molecule has 86 valence electrons. The largest absolute Gasteiger partial charge is 0.346 e. The second-order valence-electron chi connectivity index (χ2n) is 3.23. The molecule has 0 saturated heterocycles. The minimum atomic E-state index is -0.191. The molecule has 2 rings (SSSR count). The van der Waals surface area contributed by atoms with Crippen molar-refractivity contribution < 1.29 is 4.79 Å². The number of carbonyl (C=O) groups excluding carboxylic acids is 1. The van der Waals surface area contributed by atoms with Crippen molar-refractivity contribution in [2.45, 2.75) is 6.54 Å². The minimum absolute atomic E-state index is 0.191. The van der Waals surface area contributed by atoms with Gasteiger partial charge in [-0.25, -0.2) is 15.0 Å². The van der Waals surface area contributed by atoms with Crippen LogP contribution in [0.1, 0.15) is 16.1 Å². The van der Waals surface area contributed by atoms with Gasteiger partial charge in [-0.05, 0) is 34.1 Å². The fourth-order valence-electron chi connectivity index (χ4n) is 1.24. The normalized spacial score (nSPS) is 9.94. The van der Waals surface area contributed by atoms with Crippen molar-refractivity contribution in [2.24, 2.45) is 0 Å². The Balaban J connectivity index is 2.01. The Hall–Kier alpha value is -1.82. The van der Waals surface area contributed by atoms with E-state index in [0.717, 1.165) is 5.69 Å². The second-order valence-corrected chi connectivity index (χ2v) is 3.98. The van der Waals surface area contributed by atoms with Crippen LogP contribution >= 0.6 is 15.9 Å². The standard InChI is InChI=1S/C11H9BrN4O/c12-10-9(2-1-4-14-10)11(17)15-6-8-3-5-13-7-16-8/h1-5,7H,6H2,(H,15,17). The maximum atomic E-state index is 11.8.